The molecule has 5 nitrogen and oxygen atoms in total. The molecule has 0 amide bonds. The van der Waals surface area contributed by atoms with Gasteiger partial charge in [0.05, 0.1) is 6.20 Å². The number of nitrogens with zero attached hydrogens (tertiary/aromatic N) is 1. The second kappa shape index (κ2) is 4.96. The lowest BCUT2D eigenvalue weighted by Gasteiger charge is -2.07. The molecule has 2 N–H and O–H groups in total. The third-order valence-electron chi connectivity index (χ3n) is 2.43. The number of anilines is 1. The number of hydrogen-bond acceptors (Lipinski definition) is 3. The summed E-state index contributed by atoms with van der Waals surface area (Å²) in [5, 5.41) is -0.244. The molecule has 19 heavy (non-hydrogen) atoms. The van der Waals surface area contributed by atoms with Crippen molar-refractivity contribution in [3.63, 3.8) is 0 Å². The van der Waals surface area contributed by atoms with Crippen molar-refractivity contribution in [2.75, 3.05) is 4.72 Å². The van der Waals surface area contributed by atoms with Gasteiger partial charge < -0.3 is 4.98 Å². The van der Waals surface area contributed by atoms with Crippen molar-refractivity contribution < 1.29 is 17.2 Å². The van der Waals surface area contributed by atoms with Crippen LogP contribution in [0.2, 0.25) is 0 Å². The smallest absolute Gasteiger partial charge is 0.279 e. The van der Waals surface area contributed by atoms with Gasteiger partial charge in [0.25, 0.3) is 10.0 Å². The highest BCUT2D eigenvalue weighted by Crippen LogP contribution is 2.21. The maximum atomic E-state index is 13.4. The molecule has 0 atom stereocenters. The first-order valence-corrected chi connectivity index (χ1v) is 6.93. The first kappa shape index (κ1) is 13.5. The van der Waals surface area contributed by atoms with Crippen LogP contribution in [0.1, 0.15) is 12.7 Å². The summed E-state index contributed by atoms with van der Waals surface area (Å²) in [5.74, 6) is -1.51. The highest BCUT2D eigenvalue weighted by atomic mass is 32.2. The zero-order valence-corrected chi connectivity index (χ0v) is 10.8. The molecule has 0 fully saturated rings. The number of nitrogens with one attached hydrogen (secondary N) is 2. The van der Waals surface area contributed by atoms with E-state index in [4.69, 9.17) is 0 Å². The highest BCUT2D eigenvalue weighted by molar-refractivity contribution is 7.92. The molecule has 1 heterocycles. The monoisotopic (exact) mass is 287 g/mol. The van der Waals surface area contributed by atoms with Gasteiger partial charge in [0.15, 0.2) is 5.03 Å². The van der Waals surface area contributed by atoms with Gasteiger partial charge in [-0.25, -0.2) is 13.8 Å². The molecular formula is C11H11F2N3O2S. The number of benzene rings is 1. The summed E-state index contributed by atoms with van der Waals surface area (Å²) in [6, 6.07) is 3.07. The molecule has 0 bridgehead atoms. The lowest BCUT2D eigenvalue weighted by Crippen LogP contribution is -2.15. The molecule has 0 aliphatic heterocycles. The molecule has 0 saturated carbocycles. The van der Waals surface area contributed by atoms with Crippen molar-refractivity contribution in [2.45, 2.75) is 18.4 Å². The van der Waals surface area contributed by atoms with Crippen LogP contribution in [0.3, 0.4) is 0 Å². The Hall–Kier alpha value is -1.96. The van der Waals surface area contributed by atoms with E-state index in [-0.39, 0.29) is 5.03 Å². The topological polar surface area (TPSA) is 74.8 Å². The van der Waals surface area contributed by atoms with Gasteiger partial charge in [0.2, 0.25) is 0 Å². The van der Waals surface area contributed by atoms with E-state index in [2.05, 4.69) is 9.97 Å². The maximum absolute atomic E-state index is 13.4. The van der Waals surface area contributed by atoms with Crippen LogP contribution in [0.15, 0.2) is 29.4 Å². The van der Waals surface area contributed by atoms with Gasteiger partial charge >= 0.3 is 0 Å². The second-order valence-corrected chi connectivity index (χ2v) is 5.40. The summed E-state index contributed by atoms with van der Waals surface area (Å²) < 4.78 is 52.4. The summed E-state index contributed by atoms with van der Waals surface area (Å²) in [5.41, 5.74) is -0.713. The molecule has 1 aromatic carbocycles. The van der Waals surface area contributed by atoms with Crippen LogP contribution in [0.4, 0.5) is 14.5 Å². The van der Waals surface area contributed by atoms with Crippen LogP contribution < -0.4 is 4.72 Å². The van der Waals surface area contributed by atoms with Crippen LogP contribution in [-0.4, -0.2) is 18.4 Å². The predicted octanol–water partition coefficient (Wildman–Crippen LogP) is 2.05. The minimum absolute atomic E-state index is 0.244. The van der Waals surface area contributed by atoms with Crippen molar-refractivity contribution >= 4 is 15.7 Å². The first-order chi connectivity index (χ1) is 8.94. The third kappa shape index (κ3) is 2.73. The average Bonchev–Trinajstić information content (AvgIpc) is 2.83. The van der Waals surface area contributed by atoms with E-state index in [1.807, 2.05) is 4.72 Å². The molecule has 102 valence electrons. The fourth-order valence-electron chi connectivity index (χ4n) is 1.44. The van der Waals surface area contributed by atoms with Crippen LogP contribution in [-0.2, 0) is 16.4 Å². The van der Waals surface area contributed by atoms with Crippen molar-refractivity contribution in [1.82, 2.24) is 9.97 Å². The van der Waals surface area contributed by atoms with Crippen LogP contribution in [0.25, 0.3) is 0 Å². The quantitative estimate of drug-likeness (QED) is 0.903. The largest absolute Gasteiger partial charge is 0.332 e. The van der Waals surface area contributed by atoms with Gasteiger partial charge in [-0.05, 0) is 12.1 Å². The van der Waals surface area contributed by atoms with E-state index in [1.54, 1.807) is 6.92 Å². The third-order valence-corrected chi connectivity index (χ3v) is 3.69. The maximum Gasteiger partial charge on any atom is 0.279 e. The van der Waals surface area contributed by atoms with E-state index in [0.29, 0.717) is 12.2 Å². The first-order valence-electron chi connectivity index (χ1n) is 5.44. The number of halogens is 2. The lowest BCUT2D eigenvalue weighted by molar-refractivity contribution is 0.581. The Balaban J connectivity index is 2.36. The number of para-hydroxylation sites is 1. The van der Waals surface area contributed by atoms with Crippen molar-refractivity contribution in [2.24, 2.45) is 0 Å². The van der Waals surface area contributed by atoms with Crippen LogP contribution in [0.5, 0.6) is 0 Å². The van der Waals surface area contributed by atoms with Gasteiger partial charge in [-0.2, -0.15) is 8.42 Å². The molecule has 2 aromatic rings. The van der Waals surface area contributed by atoms with E-state index >= 15 is 0 Å². The standard InChI is InChI=1S/C11H11F2N3O2S/c1-2-9-14-6-10(15-9)19(17,18)16-11-7(12)4-3-5-8(11)13/h3-6,16H,2H2,1H3,(H,14,15). The fraction of sp³-hybridized carbons (Fsp3) is 0.182. The van der Waals surface area contributed by atoms with E-state index < -0.39 is 27.3 Å². The van der Waals surface area contributed by atoms with Gasteiger partial charge in [-0.15, -0.1) is 0 Å². The number of aromatic amines is 1. The molecule has 1 aromatic heterocycles. The molecule has 0 spiro atoms. The molecule has 0 radical (unpaired) electrons. The number of aryl methyl sites for hydroxylation is 1. The van der Waals surface area contributed by atoms with Gasteiger partial charge in [0.1, 0.15) is 23.1 Å². The molecule has 0 unspecified atom stereocenters. The van der Waals surface area contributed by atoms with E-state index in [1.165, 1.54) is 0 Å². The molecule has 0 saturated heterocycles. The zero-order valence-electron chi connectivity index (χ0n) is 9.94. The normalized spacial score (nSPS) is 11.5. The Morgan fingerprint density at radius 3 is 2.47 bits per heavy atom. The zero-order chi connectivity index (χ0) is 14.0. The minimum atomic E-state index is -4.10. The van der Waals surface area contributed by atoms with Crippen LogP contribution >= 0.6 is 0 Å². The Labute approximate surface area is 108 Å². The minimum Gasteiger partial charge on any atom is -0.332 e. The van der Waals surface area contributed by atoms with Crippen molar-refractivity contribution in [1.29, 1.82) is 0 Å². The van der Waals surface area contributed by atoms with Crippen molar-refractivity contribution in [3.8, 4) is 0 Å². The van der Waals surface area contributed by atoms with Crippen molar-refractivity contribution in [3.05, 3.63) is 41.9 Å². The molecular weight excluding hydrogens is 276 g/mol. The SMILES string of the molecule is CCc1ncc(S(=O)(=O)Nc2c(F)cccc2F)[nH]1. The van der Waals surface area contributed by atoms with Crippen LogP contribution in [0, 0.1) is 11.6 Å². The number of H-pyrrole nitrogens is 1. The molecule has 0 aliphatic carbocycles. The summed E-state index contributed by atoms with van der Waals surface area (Å²) in [6.07, 6.45) is 1.61. The number of imidazole rings is 1. The summed E-state index contributed by atoms with van der Waals surface area (Å²) in [7, 11) is -4.10. The van der Waals surface area contributed by atoms with Gasteiger partial charge in [-0.1, -0.05) is 13.0 Å². The average molecular weight is 287 g/mol. The Kier molecular flexibility index (Phi) is 3.52. The predicted molar refractivity (Wildman–Crippen MR) is 65.1 cm³/mol. The number of sulfonamides is 1. The van der Waals surface area contributed by atoms with Gasteiger partial charge in [-0.3, -0.25) is 4.72 Å². The number of aromatic nitrogens is 2. The summed E-state index contributed by atoms with van der Waals surface area (Å²) in [4.78, 5) is 6.38. The van der Waals surface area contributed by atoms with Gasteiger partial charge in [0, 0.05) is 6.42 Å². The Morgan fingerprint density at radius 1 is 1.32 bits per heavy atom. The van der Waals surface area contributed by atoms with E-state index in [9.17, 15) is 17.2 Å². The second-order valence-electron chi connectivity index (χ2n) is 3.75. The van der Waals surface area contributed by atoms with E-state index in [0.717, 1.165) is 24.4 Å². The highest BCUT2D eigenvalue weighted by Gasteiger charge is 2.20. The molecule has 0 aliphatic rings. The lowest BCUT2D eigenvalue weighted by atomic mass is 10.3. The molecule has 8 heteroatoms. The summed E-state index contributed by atoms with van der Waals surface area (Å²) >= 11 is 0. The summed E-state index contributed by atoms with van der Waals surface area (Å²) in [6.45, 7) is 1.79. The number of rotatable bonds is 4. The Morgan fingerprint density at radius 2 is 1.95 bits per heavy atom. The Bertz CT molecular complexity index is 677. The number of hydrogen-bond donors (Lipinski definition) is 2. The fourth-order valence-corrected chi connectivity index (χ4v) is 2.46. The molecule has 2 rings (SSSR count).